The molecular weight excluding hydrogens is 476 g/mol. The fourth-order valence-corrected chi connectivity index (χ4v) is 11.7. The van der Waals surface area contributed by atoms with Crippen LogP contribution in [0.2, 0.25) is 0 Å². The first-order valence-corrected chi connectivity index (χ1v) is 15.6. The quantitative estimate of drug-likeness (QED) is 0.364. The van der Waals surface area contributed by atoms with E-state index in [1.165, 1.54) is 71.7 Å². The van der Waals surface area contributed by atoms with Crippen molar-refractivity contribution < 1.29 is 9.84 Å². The van der Waals surface area contributed by atoms with Gasteiger partial charge in [-0.1, -0.05) is 52.0 Å². The summed E-state index contributed by atoms with van der Waals surface area (Å²) < 4.78 is 6.22. The summed E-state index contributed by atoms with van der Waals surface area (Å²) in [5, 5.41) is 14.0. The molecule has 2 nitrogen and oxygen atoms in total. The molecule has 0 heterocycles. The molecule has 0 aliphatic heterocycles. The van der Waals surface area contributed by atoms with Crippen LogP contribution in [0, 0.1) is 34.5 Å². The topological polar surface area (TPSA) is 29.5 Å². The number of fused-ring (bicyclic) bond motifs is 7. The number of benzene rings is 3. The van der Waals surface area contributed by atoms with E-state index in [-0.39, 0.29) is 16.2 Å². The van der Waals surface area contributed by atoms with Gasteiger partial charge in [0.2, 0.25) is 0 Å². The molecule has 0 radical (unpaired) electrons. The molecule has 2 heteroatoms. The fourth-order valence-electron chi connectivity index (χ4n) is 11.7. The first kappa shape index (κ1) is 24.3. The third-order valence-corrected chi connectivity index (χ3v) is 11.8. The van der Waals surface area contributed by atoms with Gasteiger partial charge in [-0.3, -0.25) is 0 Å². The van der Waals surface area contributed by atoms with Gasteiger partial charge in [-0.25, -0.2) is 0 Å². The van der Waals surface area contributed by atoms with Gasteiger partial charge in [0.05, 0.1) is 7.11 Å². The second-order valence-electron chi connectivity index (χ2n) is 15.9. The van der Waals surface area contributed by atoms with E-state index in [2.05, 4.69) is 70.2 Å². The molecule has 0 unspecified atom stereocenters. The monoisotopic (exact) mass is 520 g/mol. The van der Waals surface area contributed by atoms with Gasteiger partial charge in [0, 0.05) is 10.8 Å². The summed E-state index contributed by atoms with van der Waals surface area (Å²) in [4.78, 5) is 0. The SMILES string of the molecule is COc1cc2c3c(cc(O)c2cc1C1C2CC4CC(C2)CC1C4)C1(CC(C)(C)CC(C)(C)C1)c1ccccc1-3. The van der Waals surface area contributed by atoms with Crippen LogP contribution in [0.1, 0.15) is 102 Å². The zero-order valence-corrected chi connectivity index (χ0v) is 24.4. The molecule has 1 N–H and O–H groups in total. The second kappa shape index (κ2) is 7.83. The van der Waals surface area contributed by atoms with Gasteiger partial charge in [-0.15, -0.1) is 0 Å². The smallest absolute Gasteiger partial charge is 0.123 e. The predicted octanol–water partition coefficient (Wildman–Crippen LogP) is 9.60. The average Bonchev–Trinajstić information content (AvgIpc) is 3.09. The molecule has 0 atom stereocenters. The molecule has 1 spiro atoms. The van der Waals surface area contributed by atoms with E-state index in [4.69, 9.17) is 4.74 Å². The standard InChI is InChI=1S/C37H44O2/c1-35(2)18-36(3,4)20-37(19-35)29-9-7-6-8-25(29)34-27-16-32(39-5)28(15-26(27)31(38)17-30(34)37)33-23-11-21-10-22(13-23)14-24(33)12-21/h6-9,15-17,21-24,33,38H,10-14,18-20H2,1-5H3. The minimum atomic E-state index is -0.0732. The van der Waals surface area contributed by atoms with Crippen LogP contribution in [0.4, 0.5) is 0 Å². The number of hydrogen-bond donors (Lipinski definition) is 1. The first-order valence-electron chi connectivity index (χ1n) is 15.6. The minimum absolute atomic E-state index is 0.0732. The molecular formula is C37H44O2. The maximum Gasteiger partial charge on any atom is 0.123 e. The molecule has 0 saturated heterocycles. The normalized spacial score (nSPS) is 32.4. The van der Waals surface area contributed by atoms with Crippen LogP contribution >= 0.6 is 0 Å². The van der Waals surface area contributed by atoms with Crippen molar-refractivity contribution >= 4 is 10.8 Å². The van der Waals surface area contributed by atoms with Crippen LogP contribution in [0.15, 0.2) is 42.5 Å². The van der Waals surface area contributed by atoms with Crippen LogP contribution in [0.5, 0.6) is 11.5 Å². The Morgan fingerprint density at radius 2 is 1.38 bits per heavy atom. The highest BCUT2D eigenvalue weighted by Crippen LogP contribution is 2.66. The van der Waals surface area contributed by atoms with E-state index in [1.807, 2.05) is 7.11 Å². The molecule has 0 aromatic heterocycles. The van der Waals surface area contributed by atoms with Gasteiger partial charge in [0.25, 0.3) is 0 Å². The maximum atomic E-state index is 11.8. The predicted molar refractivity (Wildman–Crippen MR) is 160 cm³/mol. The Labute approximate surface area is 234 Å². The van der Waals surface area contributed by atoms with Crippen molar-refractivity contribution in [2.24, 2.45) is 34.5 Å². The molecule has 39 heavy (non-hydrogen) atoms. The van der Waals surface area contributed by atoms with E-state index in [0.29, 0.717) is 11.7 Å². The maximum absolute atomic E-state index is 11.8. The van der Waals surface area contributed by atoms with E-state index in [0.717, 1.165) is 47.6 Å². The second-order valence-corrected chi connectivity index (χ2v) is 15.9. The van der Waals surface area contributed by atoms with Crippen molar-refractivity contribution in [1.29, 1.82) is 0 Å². The third-order valence-electron chi connectivity index (χ3n) is 11.8. The Morgan fingerprint density at radius 1 is 0.744 bits per heavy atom. The van der Waals surface area contributed by atoms with Gasteiger partial charge in [-0.2, -0.15) is 0 Å². The van der Waals surface area contributed by atoms with Crippen molar-refractivity contribution in [2.45, 2.75) is 90.4 Å². The van der Waals surface area contributed by atoms with E-state index in [9.17, 15) is 5.11 Å². The highest BCUT2D eigenvalue weighted by atomic mass is 16.5. The number of aromatic hydroxyl groups is 1. The van der Waals surface area contributed by atoms with Crippen molar-refractivity contribution in [1.82, 2.24) is 0 Å². The number of phenolic OH excluding ortho intramolecular Hbond substituents is 1. The number of methoxy groups -OCH3 is 1. The summed E-state index contributed by atoms with van der Waals surface area (Å²) in [5.74, 6) is 5.51. The number of rotatable bonds is 2. The molecule has 6 aliphatic carbocycles. The zero-order valence-electron chi connectivity index (χ0n) is 24.4. The van der Waals surface area contributed by atoms with Crippen molar-refractivity contribution in [3.8, 4) is 22.6 Å². The summed E-state index contributed by atoms with van der Waals surface area (Å²) >= 11 is 0. The summed E-state index contributed by atoms with van der Waals surface area (Å²) in [6.45, 7) is 9.77. The molecule has 6 aliphatic rings. The Balaban J connectivity index is 1.36. The van der Waals surface area contributed by atoms with Gasteiger partial charge < -0.3 is 9.84 Å². The van der Waals surface area contributed by atoms with Crippen LogP contribution in [0.25, 0.3) is 21.9 Å². The number of ether oxygens (including phenoxy) is 1. The van der Waals surface area contributed by atoms with Crippen molar-refractivity contribution in [2.75, 3.05) is 7.11 Å². The molecule has 9 rings (SSSR count). The molecule has 5 saturated carbocycles. The average molecular weight is 521 g/mol. The Kier molecular flexibility index (Phi) is 4.88. The Hall–Kier alpha value is -2.48. The Bertz CT molecular complexity index is 1460. The summed E-state index contributed by atoms with van der Waals surface area (Å²) in [5.41, 5.74) is 7.21. The highest BCUT2D eigenvalue weighted by Gasteiger charge is 2.54. The lowest BCUT2D eigenvalue weighted by Crippen LogP contribution is -2.44. The Morgan fingerprint density at radius 3 is 2.03 bits per heavy atom. The van der Waals surface area contributed by atoms with Crippen molar-refractivity contribution in [3.05, 3.63) is 59.2 Å². The molecule has 4 bridgehead atoms. The lowest BCUT2D eigenvalue weighted by molar-refractivity contribution is -0.00342. The van der Waals surface area contributed by atoms with Crippen LogP contribution < -0.4 is 4.74 Å². The molecule has 204 valence electrons. The molecule has 0 amide bonds. The van der Waals surface area contributed by atoms with Crippen LogP contribution in [-0.4, -0.2) is 12.2 Å². The lowest BCUT2D eigenvalue weighted by atomic mass is 9.50. The minimum Gasteiger partial charge on any atom is -0.507 e. The first-order chi connectivity index (χ1) is 18.6. The van der Waals surface area contributed by atoms with Crippen LogP contribution in [0.3, 0.4) is 0 Å². The lowest BCUT2D eigenvalue weighted by Gasteiger charge is -2.54. The van der Waals surface area contributed by atoms with E-state index < -0.39 is 0 Å². The van der Waals surface area contributed by atoms with Gasteiger partial charge in [-0.05, 0) is 143 Å². The molecule has 5 fully saturated rings. The number of phenols is 1. The van der Waals surface area contributed by atoms with Crippen LogP contribution in [-0.2, 0) is 5.41 Å². The summed E-state index contributed by atoms with van der Waals surface area (Å²) in [7, 11) is 1.85. The van der Waals surface area contributed by atoms with E-state index >= 15 is 0 Å². The third kappa shape index (κ3) is 3.39. The van der Waals surface area contributed by atoms with Gasteiger partial charge >= 0.3 is 0 Å². The molecule has 3 aromatic carbocycles. The fraction of sp³-hybridized carbons (Fsp3) is 0.568. The van der Waals surface area contributed by atoms with Gasteiger partial charge in [0.15, 0.2) is 0 Å². The summed E-state index contributed by atoms with van der Waals surface area (Å²) in [6.07, 6.45) is 10.5. The number of hydrogen-bond acceptors (Lipinski definition) is 2. The largest absolute Gasteiger partial charge is 0.507 e. The molecule has 3 aromatic rings. The van der Waals surface area contributed by atoms with Crippen molar-refractivity contribution in [3.63, 3.8) is 0 Å². The van der Waals surface area contributed by atoms with E-state index in [1.54, 1.807) is 0 Å². The highest BCUT2D eigenvalue weighted by molar-refractivity contribution is 6.06. The summed E-state index contributed by atoms with van der Waals surface area (Å²) in [6, 6.07) is 15.9. The zero-order chi connectivity index (χ0) is 26.9. The van der Waals surface area contributed by atoms with Gasteiger partial charge in [0.1, 0.15) is 11.5 Å².